The van der Waals surface area contributed by atoms with Crippen molar-refractivity contribution >= 4 is 23.2 Å². The van der Waals surface area contributed by atoms with Crippen LogP contribution >= 0.6 is 23.2 Å². The quantitative estimate of drug-likeness (QED) is 0.429. The molecule has 0 spiro atoms. The monoisotopic (exact) mass is 436 g/mol. The molecular formula is C26H26Cl2N2. The van der Waals surface area contributed by atoms with Gasteiger partial charge in [0.2, 0.25) is 0 Å². The van der Waals surface area contributed by atoms with Crippen molar-refractivity contribution in [3.63, 3.8) is 0 Å². The summed E-state index contributed by atoms with van der Waals surface area (Å²) in [6.07, 6.45) is 4.72. The van der Waals surface area contributed by atoms with Gasteiger partial charge in [0.15, 0.2) is 0 Å². The molecule has 3 heterocycles. The van der Waals surface area contributed by atoms with Crippen LogP contribution in [0.2, 0.25) is 10.0 Å². The Morgan fingerprint density at radius 2 is 1.37 bits per heavy atom. The van der Waals surface area contributed by atoms with E-state index in [1.54, 1.807) is 0 Å². The lowest BCUT2D eigenvalue weighted by atomic mass is 9.84. The van der Waals surface area contributed by atoms with Gasteiger partial charge in [-0.3, -0.25) is 9.88 Å². The summed E-state index contributed by atoms with van der Waals surface area (Å²) in [6, 6.07) is 24.0. The van der Waals surface area contributed by atoms with Crippen LogP contribution in [0, 0.1) is 6.92 Å². The highest BCUT2D eigenvalue weighted by Gasteiger charge is 2.46. The number of aromatic nitrogens is 1. The van der Waals surface area contributed by atoms with Crippen LogP contribution in [0.15, 0.2) is 66.7 Å². The van der Waals surface area contributed by atoms with Gasteiger partial charge in [-0.1, -0.05) is 65.7 Å². The highest BCUT2D eigenvalue weighted by molar-refractivity contribution is 6.32. The third-order valence-corrected chi connectivity index (χ3v) is 7.50. The second kappa shape index (κ2) is 8.34. The average Bonchev–Trinajstić information content (AvgIpc) is 2.99. The Balaban J connectivity index is 1.53. The smallest absolute Gasteiger partial charge is 0.0636 e. The molecule has 4 heteroatoms. The molecule has 2 bridgehead atoms. The minimum Gasteiger partial charge on any atom is -0.286 e. The second-order valence-corrected chi connectivity index (χ2v) is 9.46. The fourth-order valence-corrected chi connectivity index (χ4v) is 6.03. The van der Waals surface area contributed by atoms with Gasteiger partial charge in [-0.05, 0) is 68.0 Å². The number of nitrogens with zero attached hydrogens (tertiary/aromatic N) is 2. The molecule has 0 N–H and O–H groups in total. The Kier molecular flexibility index (Phi) is 5.58. The van der Waals surface area contributed by atoms with Gasteiger partial charge >= 0.3 is 0 Å². The van der Waals surface area contributed by atoms with E-state index in [0.29, 0.717) is 18.0 Å². The Morgan fingerprint density at radius 3 is 1.90 bits per heavy atom. The summed E-state index contributed by atoms with van der Waals surface area (Å²) in [4.78, 5) is 7.55. The van der Waals surface area contributed by atoms with E-state index in [4.69, 9.17) is 28.2 Å². The van der Waals surface area contributed by atoms with Crippen molar-refractivity contribution in [2.45, 2.75) is 56.7 Å². The first-order chi connectivity index (χ1) is 14.6. The lowest BCUT2D eigenvalue weighted by Crippen LogP contribution is -2.45. The highest BCUT2D eigenvalue weighted by atomic mass is 35.5. The van der Waals surface area contributed by atoms with E-state index in [-0.39, 0.29) is 6.04 Å². The number of pyridine rings is 1. The minimum atomic E-state index is 0.0799. The summed E-state index contributed by atoms with van der Waals surface area (Å²) in [5.74, 6) is 0.525. The SMILES string of the molecule is Cc1cccc(C2C[C@H]3CC[C@@H](C2)N3C(c2ccccc2Cl)c2ccccc2Cl)n1. The van der Waals surface area contributed by atoms with Gasteiger partial charge in [-0.2, -0.15) is 0 Å². The molecule has 5 rings (SSSR count). The van der Waals surface area contributed by atoms with E-state index in [1.807, 2.05) is 24.3 Å². The van der Waals surface area contributed by atoms with Crippen LogP contribution < -0.4 is 0 Å². The van der Waals surface area contributed by atoms with Crippen LogP contribution in [0.5, 0.6) is 0 Å². The summed E-state index contributed by atoms with van der Waals surface area (Å²) < 4.78 is 0. The molecule has 154 valence electrons. The molecule has 3 aromatic rings. The van der Waals surface area contributed by atoms with E-state index in [2.05, 4.69) is 54.3 Å². The van der Waals surface area contributed by atoms with Crippen LogP contribution in [-0.4, -0.2) is 22.0 Å². The number of halogens is 2. The van der Waals surface area contributed by atoms with E-state index in [0.717, 1.165) is 39.7 Å². The predicted molar refractivity (Wildman–Crippen MR) is 124 cm³/mol. The lowest BCUT2D eigenvalue weighted by molar-refractivity contribution is 0.0926. The first-order valence-electron chi connectivity index (χ1n) is 10.8. The first kappa shape index (κ1) is 20.1. The molecule has 2 aliphatic heterocycles. The van der Waals surface area contributed by atoms with E-state index >= 15 is 0 Å². The summed E-state index contributed by atoms with van der Waals surface area (Å²) >= 11 is 13.4. The number of benzene rings is 2. The van der Waals surface area contributed by atoms with Crippen LogP contribution in [0.1, 0.15) is 60.2 Å². The van der Waals surface area contributed by atoms with Gasteiger partial charge in [0.05, 0.1) is 6.04 Å². The number of hydrogen-bond donors (Lipinski definition) is 0. The fraction of sp³-hybridized carbons (Fsp3) is 0.346. The molecule has 2 fully saturated rings. The Hall–Kier alpha value is -1.87. The van der Waals surface area contributed by atoms with Crippen molar-refractivity contribution in [1.82, 2.24) is 9.88 Å². The third-order valence-electron chi connectivity index (χ3n) is 6.82. The van der Waals surface area contributed by atoms with Crippen LogP contribution in [0.25, 0.3) is 0 Å². The standard InChI is InChI=1S/C26H26Cl2N2/c1-17-7-6-12-25(29-17)18-15-19-13-14-20(16-18)30(19)26(21-8-2-4-10-23(21)27)22-9-3-5-11-24(22)28/h2-12,18-20,26H,13-16H2,1H3/t18?,19-,20+. The second-order valence-electron chi connectivity index (χ2n) is 8.65. The van der Waals surface area contributed by atoms with Gasteiger partial charge in [0.25, 0.3) is 0 Å². The third kappa shape index (κ3) is 3.66. The molecule has 2 aliphatic rings. The minimum absolute atomic E-state index is 0.0799. The molecule has 1 aromatic heterocycles. The van der Waals surface area contributed by atoms with Crippen molar-refractivity contribution < 1.29 is 0 Å². The molecule has 0 radical (unpaired) electrons. The number of aryl methyl sites for hydroxylation is 1. The zero-order valence-electron chi connectivity index (χ0n) is 17.1. The van der Waals surface area contributed by atoms with Crippen LogP contribution in [0.4, 0.5) is 0 Å². The summed E-state index contributed by atoms with van der Waals surface area (Å²) in [5.41, 5.74) is 4.65. The predicted octanol–water partition coefficient (Wildman–Crippen LogP) is 7.20. The number of rotatable bonds is 4. The molecule has 3 atom stereocenters. The fourth-order valence-electron chi connectivity index (χ4n) is 5.55. The van der Waals surface area contributed by atoms with Crippen LogP contribution in [0.3, 0.4) is 0 Å². The number of hydrogen-bond acceptors (Lipinski definition) is 2. The van der Waals surface area contributed by atoms with Gasteiger partial charge in [-0.15, -0.1) is 0 Å². The summed E-state index contributed by atoms with van der Waals surface area (Å²) in [6.45, 7) is 2.08. The Labute approximate surface area is 188 Å². The van der Waals surface area contributed by atoms with Crippen molar-refractivity contribution in [1.29, 1.82) is 0 Å². The molecule has 0 aliphatic carbocycles. The molecule has 0 amide bonds. The molecular weight excluding hydrogens is 411 g/mol. The molecule has 2 aromatic carbocycles. The topological polar surface area (TPSA) is 16.1 Å². The largest absolute Gasteiger partial charge is 0.286 e. The van der Waals surface area contributed by atoms with Gasteiger partial charge in [-0.25, -0.2) is 0 Å². The van der Waals surface area contributed by atoms with Crippen molar-refractivity contribution in [2.75, 3.05) is 0 Å². The zero-order valence-corrected chi connectivity index (χ0v) is 18.7. The van der Waals surface area contributed by atoms with Crippen molar-refractivity contribution in [2.24, 2.45) is 0 Å². The molecule has 1 unspecified atom stereocenters. The molecule has 30 heavy (non-hydrogen) atoms. The molecule has 2 saturated heterocycles. The first-order valence-corrected chi connectivity index (χ1v) is 11.6. The maximum absolute atomic E-state index is 6.72. The van der Waals surface area contributed by atoms with Gasteiger partial charge in [0.1, 0.15) is 0 Å². The maximum Gasteiger partial charge on any atom is 0.0636 e. The van der Waals surface area contributed by atoms with E-state index in [1.165, 1.54) is 18.5 Å². The summed E-state index contributed by atoms with van der Waals surface area (Å²) in [7, 11) is 0. The Bertz CT molecular complexity index is 991. The van der Waals surface area contributed by atoms with Gasteiger partial charge in [0, 0.05) is 39.4 Å². The van der Waals surface area contributed by atoms with Crippen molar-refractivity contribution in [3.8, 4) is 0 Å². The lowest BCUT2D eigenvalue weighted by Gasteiger charge is -2.44. The zero-order chi connectivity index (χ0) is 20.7. The number of fused-ring (bicyclic) bond motifs is 2. The Morgan fingerprint density at radius 1 is 0.800 bits per heavy atom. The van der Waals surface area contributed by atoms with Crippen molar-refractivity contribution in [3.05, 3.63) is 99.3 Å². The van der Waals surface area contributed by atoms with E-state index < -0.39 is 0 Å². The van der Waals surface area contributed by atoms with E-state index in [9.17, 15) is 0 Å². The molecule has 0 saturated carbocycles. The summed E-state index contributed by atoms with van der Waals surface area (Å²) in [5, 5.41) is 1.62. The maximum atomic E-state index is 6.72. The molecule has 2 nitrogen and oxygen atoms in total. The highest BCUT2D eigenvalue weighted by Crippen LogP contribution is 2.49. The van der Waals surface area contributed by atoms with Crippen LogP contribution in [-0.2, 0) is 0 Å². The average molecular weight is 437 g/mol. The number of piperidine rings is 1. The normalized spacial score (nSPS) is 23.8. The van der Waals surface area contributed by atoms with Gasteiger partial charge < -0.3 is 0 Å².